The van der Waals surface area contributed by atoms with Crippen molar-refractivity contribution in [2.75, 3.05) is 6.61 Å². The summed E-state index contributed by atoms with van der Waals surface area (Å²) >= 11 is 5.98. The SMILES string of the molecule is CC(NC(=O)COc1cccc2ccccc12)c1cccc(Cl)c1. The maximum absolute atomic E-state index is 12.2. The first-order valence-corrected chi connectivity index (χ1v) is 8.16. The van der Waals surface area contributed by atoms with E-state index >= 15 is 0 Å². The average Bonchev–Trinajstić information content (AvgIpc) is 2.60. The number of hydrogen-bond acceptors (Lipinski definition) is 2. The Balaban J connectivity index is 1.63. The van der Waals surface area contributed by atoms with Crippen molar-refractivity contribution in [3.63, 3.8) is 0 Å². The summed E-state index contributed by atoms with van der Waals surface area (Å²) in [6.07, 6.45) is 0. The quantitative estimate of drug-likeness (QED) is 0.728. The van der Waals surface area contributed by atoms with Crippen molar-refractivity contribution in [2.45, 2.75) is 13.0 Å². The van der Waals surface area contributed by atoms with Crippen LogP contribution in [-0.4, -0.2) is 12.5 Å². The van der Waals surface area contributed by atoms with E-state index in [4.69, 9.17) is 16.3 Å². The second-order valence-electron chi connectivity index (χ2n) is 5.61. The van der Waals surface area contributed by atoms with Gasteiger partial charge in [0.15, 0.2) is 6.61 Å². The fourth-order valence-corrected chi connectivity index (χ4v) is 2.81. The standard InChI is InChI=1S/C20H18ClNO2/c1-14(16-8-4-9-17(21)12-16)22-20(23)13-24-19-11-5-7-15-6-2-3-10-18(15)19/h2-12,14H,13H2,1H3,(H,22,23). The highest BCUT2D eigenvalue weighted by Crippen LogP contribution is 2.25. The summed E-state index contributed by atoms with van der Waals surface area (Å²) in [5.41, 5.74) is 0.959. The zero-order chi connectivity index (χ0) is 16.9. The molecule has 4 heteroatoms. The Bertz CT molecular complexity index is 858. The van der Waals surface area contributed by atoms with Crippen LogP contribution < -0.4 is 10.1 Å². The molecule has 0 aromatic heterocycles. The van der Waals surface area contributed by atoms with Gasteiger partial charge in [0, 0.05) is 10.4 Å². The Morgan fingerprint density at radius 2 is 1.83 bits per heavy atom. The topological polar surface area (TPSA) is 38.3 Å². The third-order valence-electron chi connectivity index (χ3n) is 3.83. The van der Waals surface area contributed by atoms with E-state index in [-0.39, 0.29) is 18.6 Å². The number of carbonyl (C=O) groups is 1. The number of hydrogen-bond donors (Lipinski definition) is 1. The number of benzene rings is 3. The van der Waals surface area contributed by atoms with Gasteiger partial charge in [0.25, 0.3) is 5.91 Å². The number of rotatable bonds is 5. The van der Waals surface area contributed by atoms with E-state index in [0.29, 0.717) is 10.8 Å². The van der Waals surface area contributed by atoms with Crippen LogP contribution in [0.25, 0.3) is 10.8 Å². The molecule has 0 saturated carbocycles. The largest absolute Gasteiger partial charge is 0.483 e. The molecule has 24 heavy (non-hydrogen) atoms. The van der Waals surface area contributed by atoms with Crippen LogP contribution in [0.4, 0.5) is 0 Å². The summed E-state index contributed by atoms with van der Waals surface area (Å²) in [7, 11) is 0. The van der Waals surface area contributed by atoms with E-state index in [1.54, 1.807) is 0 Å². The molecule has 1 unspecified atom stereocenters. The van der Waals surface area contributed by atoms with Gasteiger partial charge in [-0.05, 0) is 36.1 Å². The summed E-state index contributed by atoms with van der Waals surface area (Å²) in [6, 6.07) is 21.1. The summed E-state index contributed by atoms with van der Waals surface area (Å²) in [4.78, 5) is 12.2. The number of amides is 1. The molecule has 1 N–H and O–H groups in total. The predicted molar refractivity (Wildman–Crippen MR) is 97.5 cm³/mol. The van der Waals surface area contributed by atoms with Gasteiger partial charge in [0.2, 0.25) is 0 Å². The molecule has 0 aliphatic rings. The molecule has 122 valence electrons. The van der Waals surface area contributed by atoms with Crippen molar-refractivity contribution in [2.24, 2.45) is 0 Å². The molecule has 3 nitrogen and oxygen atoms in total. The van der Waals surface area contributed by atoms with Gasteiger partial charge in [-0.1, -0.05) is 60.1 Å². The Hall–Kier alpha value is -2.52. The van der Waals surface area contributed by atoms with Crippen LogP contribution >= 0.6 is 11.6 Å². The maximum Gasteiger partial charge on any atom is 0.258 e. The molecule has 3 aromatic rings. The van der Waals surface area contributed by atoms with Crippen molar-refractivity contribution >= 4 is 28.3 Å². The summed E-state index contributed by atoms with van der Waals surface area (Å²) in [5, 5.41) is 5.65. The number of halogens is 1. The Labute approximate surface area is 146 Å². The van der Waals surface area contributed by atoms with E-state index in [0.717, 1.165) is 16.3 Å². The van der Waals surface area contributed by atoms with Gasteiger partial charge in [-0.15, -0.1) is 0 Å². The minimum absolute atomic E-state index is 0.0289. The van der Waals surface area contributed by atoms with Crippen LogP contribution in [0.1, 0.15) is 18.5 Å². The van der Waals surface area contributed by atoms with Crippen molar-refractivity contribution in [3.05, 3.63) is 77.3 Å². The summed E-state index contributed by atoms with van der Waals surface area (Å²) < 4.78 is 5.70. The number of ether oxygens (including phenoxy) is 1. The minimum Gasteiger partial charge on any atom is -0.483 e. The van der Waals surface area contributed by atoms with E-state index in [2.05, 4.69) is 5.32 Å². The summed E-state index contributed by atoms with van der Waals surface area (Å²) in [5.74, 6) is 0.536. The first-order valence-electron chi connectivity index (χ1n) is 7.79. The van der Waals surface area contributed by atoms with Crippen molar-refractivity contribution < 1.29 is 9.53 Å². The Morgan fingerprint density at radius 3 is 2.67 bits per heavy atom. The Morgan fingerprint density at radius 1 is 1.08 bits per heavy atom. The van der Waals surface area contributed by atoms with E-state index in [9.17, 15) is 4.79 Å². The molecule has 0 spiro atoms. The molecule has 0 radical (unpaired) electrons. The zero-order valence-electron chi connectivity index (χ0n) is 13.3. The lowest BCUT2D eigenvalue weighted by Crippen LogP contribution is -2.31. The van der Waals surface area contributed by atoms with Crippen LogP contribution in [0.15, 0.2) is 66.7 Å². The zero-order valence-corrected chi connectivity index (χ0v) is 14.1. The highest BCUT2D eigenvalue weighted by Gasteiger charge is 2.11. The van der Waals surface area contributed by atoms with Gasteiger partial charge in [-0.2, -0.15) is 0 Å². The van der Waals surface area contributed by atoms with Crippen LogP contribution in [-0.2, 0) is 4.79 Å². The first-order chi connectivity index (χ1) is 11.6. The molecule has 3 rings (SSSR count). The van der Waals surface area contributed by atoms with Gasteiger partial charge < -0.3 is 10.1 Å². The van der Waals surface area contributed by atoms with Gasteiger partial charge in [0.1, 0.15) is 5.75 Å². The van der Waals surface area contributed by atoms with Crippen molar-refractivity contribution in [1.29, 1.82) is 0 Å². The molecule has 0 aliphatic carbocycles. The van der Waals surface area contributed by atoms with Gasteiger partial charge >= 0.3 is 0 Å². The monoisotopic (exact) mass is 339 g/mol. The number of nitrogens with one attached hydrogen (secondary N) is 1. The van der Waals surface area contributed by atoms with Crippen LogP contribution in [0, 0.1) is 0 Å². The van der Waals surface area contributed by atoms with Crippen molar-refractivity contribution in [3.8, 4) is 5.75 Å². The van der Waals surface area contributed by atoms with Crippen LogP contribution in [0.5, 0.6) is 5.75 Å². The van der Waals surface area contributed by atoms with Gasteiger partial charge in [0.05, 0.1) is 6.04 Å². The maximum atomic E-state index is 12.2. The molecule has 0 heterocycles. The Kier molecular flexibility index (Phi) is 5.02. The normalized spacial score (nSPS) is 11.9. The lowest BCUT2D eigenvalue weighted by Gasteiger charge is -2.15. The lowest BCUT2D eigenvalue weighted by atomic mass is 10.1. The van der Waals surface area contributed by atoms with Gasteiger partial charge in [-0.25, -0.2) is 0 Å². The van der Waals surface area contributed by atoms with Crippen LogP contribution in [0.2, 0.25) is 5.02 Å². The second-order valence-corrected chi connectivity index (χ2v) is 6.05. The van der Waals surface area contributed by atoms with Crippen LogP contribution in [0.3, 0.4) is 0 Å². The smallest absolute Gasteiger partial charge is 0.258 e. The molecule has 1 atom stereocenters. The van der Waals surface area contributed by atoms with E-state index in [1.807, 2.05) is 73.7 Å². The number of carbonyl (C=O) groups excluding carboxylic acids is 1. The molecule has 0 fully saturated rings. The lowest BCUT2D eigenvalue weighted by molar-refractivity contribution is -0.123. The third-order valence-corrected chi connectivity index (χ3v) is 4.07. The molecule has 0 bridgehead atoms. The molecular formula is C20H18ClNO2. The van der Waals surface area contributed by atoms with E-state index in [1.165, 1.54) is 0 Å². The predicted octanol–water partition coefficient (Wildman–Crippen LogP) is 4.75. The molecular weight excluding hydrogens is 322 g/mol. The molecule has 0 aliphatic heterocycles. The summed E-state index contributed by atoms with van der Waals surface area (Å²) in [6.45, 7) is 1.89. The highest BCUT2D eigenvalue weighted by molar-refractivity contribution is 6.30. The molecule has 3 aromatic carbocycles. The third kappa shape index (κ3) is 3.87. The fraction of sp³-hybridized carbons (Fsp3) is 0.150. The van der Waals surface area contributed by atoms with Gasteiger partial charge in [-0.3, -0.25) is 4.79 Å². The van der Waals surface area contributed by atoms with Crippen molar-refractivity contribution in [1.82, 2.24) is 5.32 Å². The molecule has 1 amide bonds. The first kappa shape index (κ1) is 16.3. The minimum atomic E-state index is -0.171. The van der Waals surface area contributed by atoms with E-state index < -0.39 is 0 Å². The second kappa shape index (κ2) is 7.37. The number of fused-ring (bicyclic) bond motifs is 1. The fourth-order valence-electron chi connectivity index (χ4n) is 2.61. The average molecular weight is 340 g/mol. The molecule has 0 saturated heterocycles. The highest BCUT2D eigenvalue weighted by atomic mass is 35.5.